The van der Waals surface area contributed by atoms with Crippen molar-refractivity contribution in [2.24, 2.45) is 5.41 Å². The summed E-state index contributed by atoms with van der Waals surface area (Å²) in [6, 6.07) is 29.4. The number of aliphatic carboxylic acids is 1. The summed E-state index contributed by atoms with van der Waals surface area (Å²) in [5.74, 6) is -1.78. The van der Waals surface area contributed by atoms with Crippen LogP contribution in [0.3, 0.4) is 0 Å². The van der Waals surface area contributed by atoms with E-state index in [1.165, 1.54) is 10.4 Å². The molecule has 232 valence electrons. The van der Waals surface area contributed by atoms with E-state index < -0.39 is 17.4 Å². The number of aryl methyl sites for hydroxylation is 2. The molecule has 4 aromatic rings. The van der Waals surface area contributed by atoms with Crippen LogP contribution in [-0.4, -0.2) is 40.1 Å². The molecule has 4 rings (SSSR count). The zero-order chi connectivity index (χ0) is 31.5. The summed E-state index contributed by atoms with van der Waals surface area (Å²) in [5.41, 5.74) is 3.11. The number of benzene rings is 3. The molecule has 0 aliphatic rings. The largest absolute Gasteiger partial charge is 0.481 e. The summed E-state index contributed by atoms with van der Waals surface area (Å²) in [5, 5.41) is 19.4. The lowest BCUT2D eigenvalue weighted by Crippen LogP contribution is -2.33. The van der Waals surface area contributed by atoms with E-state index in [0.717, 1.165) is 28.8 Å². The topological polar surface area (TPSA) is 87.1 Å². The van der Waals surface area contributed by atoms with Gasteiger partial charge < -0.3 is 14.9 Å². The fourth-order valence-electron chi connectivity index (χ4n) is 5.13. The summed E-state index contributed by atoms with van der Waals surface area (Å²) >= 11 is 8.17. The molecule has 0 saturated heterocycles. The molecule has 0 spiro atoms. The van der Waals surface area contributed by atoms with Gasteiger partial charge in [-0.1, -0.05) is 80.0 Å². The Hall–Kier alpha value is -3.49. The average molecular weight is 634 g/mol. The Morgan fingerprint density at radius 2 is 1.61 bits per heavy atom. The van der Waals surface area contributed by atoms with Gasteiger partial charge in [-0.15, -0.1) is 11.3 Å². The lowest BCUT2D eigenvalue weighted by Gasteiger charge is -2.31. The summed E-state index contributed by atoms with van der Waals surface area (Å²) in [7, 11) is 0. The van der Waals surface area contributed by atoms with Gasteiger partial charge in [-0.05, 0) is 84.3 Å². The fourth-order valence-corrected chi connectivity index (χ4v) is 6.27. The third-order valence-electron chi connectivity index (χ3n) is 7.63. The zero-order valence-electron chi connectivity index (χ0n) is 25.2. The van der Waals surface area contributed by atoms with Crippen molar-refractivity contribution in [1.29, 1.82) is 0 Å². The van der Waals surface area contributed by atoms with E-state index in [0.29, 0.717) is 37.7 Å². The maximum Gasteiger partial charge on any atom is 0.335 e. The first-order chi connectivity index (χ1) is 21.1. The molecular formula is C36H40ClNO5S. The number of thiophene rings is 1. The van der Waals surface area contributed by atoms with Gasteiger partial charge in [0.2, 0.25) is 0 Å². The molecule has 1 unspecified atom stereocenters. The first-order valence-corrected chi connectivity index (χ1v) is 16.0. The van der Waals surface area contributed by atoms with Crippen LogP contribution in [0.15, 0.2) is 91.0 Å². The van der Waals surface area contributed by atoms with Gasteiger partial charge in [0.05, 0.1) is 24.7 Å². The molecule has 0 fully saturated rings. The molecule has 44 heavy (non-hydrogen) atoms. The fraction of sp³-hybridized carbons (Fsp3) is 0.333. The first-order valence-electron chi connectivity index (χ1n) is 14.8. The van der Waals surface area contributed by atoms with Crippen LogP contribution in [0.5, 0.6) is 0 Å². The molecule has 1 heterocycles. The molecule has 8 heteroatoms. The summed E-state index contributed by atoms with van der Waals surface area (Å²) in [6.45, 7) is 6.15. The summed E-state index contributed by atoms with van der Waals surface area (Å²) in [4.78, 5) is 27.6. The van der Waals surface area contributed by atoms with E-state index in [-0.39, 0.29) is 18.1 Å². The first kappa shape index (κ1) is 33.4. The Balaban J connectivity index is 1.50. The predicted molar refractivity (Wildman–Crippen MR) is 176 cm³/mol. The van der Waals surface area contributed by atoms with Crippen molar-refractivity contribution in [2.45, 2.75) is 58.8 Å². The van der Waals surface area contributed by atoms with E-state index in [1.807, 2.05) is 56.3 Å². The van der Waals surface area contributed by atoms with Crippen LogP contribution in [0, 0.1) is 5.41 Å². The quantitative estimate of drug-likeness (QED) is 0.121. The number of aromatic carboxylic acids is 1. The number of halogens is 1. The molecule has 3 aromatic carbocycles. The van der Waals surface area contributed by atoms with E-state index in [2.05, 4.69) is 41.3 Å². The van der Waals surface area contributed by atoms with E-state index >= 15 is 0 Å². The normalized spacial score (nSPS) is 12.4. The van der Waals surface area contributed by atoms with Crippen LogP contribution in [0.1, 0.15) is 69.6 Å². The predicted octanol–water partition coefficient (Wildman–Crippen LogP) is 8.54. The summed E-state index contributed by atoms with van der Waals surface area (Å²) in [6.07, 6.45) is 2.43. The van der Waals surface area contributed by atoms with Gasteiger partial charge in [0, 0.05) is 27.9 Å². The molecule has 0 saturated carbocycles. The highest BCUT2D eigenvalue weighted by Crippen LogP contribution is 2.29. The highest BCUT2D eigenvalue weighted by molar-refractivity contribution is 7.11. The van der Waals surface area contributed by atoms with Crippen LogP contribution >= 0.6 is 22.9 Å². The molecule has 0 aliphatic carbocycles. The SMILES string of the molecule is CC(C)(CCN(Cc1ccc(C(=O)O)cc1)CC(OCc1ccc(CCc2ccccc2)s1)c1cccc(Cl)c1)CC(=O)O. The van der Waals surface area contributed by atoms with E-state index in [9.17, 15) is 19.8 Å². The zero-order valence-corrected chi connectivity index (χ0v) is 26.8. The van der Waals surface area contributed by atoms with Gasteiger partial charge >= 0.3 is 11.9 Å². The Morgan fingerprint density at radius 1 is 0.886 bits per heavy atom. The minimum absolute atomic E-state index is 0.0767. The van der Waals surface area contributed by atoms with Gasteiger partial charge in [-0.25, -0.2) is 4.79 Å². The monoisotopic (exact) mass is 633 g/mol. The minimum Gasteiger partial charge on any atom is -0.481 e. The van der Waals surface area contributed by atoms with Crippen LogP contribution < -0.4 is 0 Å². The van der Waals surface area contributed by atoms with E-state index in [4.69, 9.17) is 16.3 Å². The number of carboxylic acid groups (broad SMARTS) is 2. The van der Waals surface area contributed by atoms with Gasteiger partial charge in [0.15, 0.2) is 0 Å². The highest BCUT2D eigenvalue weighted by Gasteiger charge is 2.25. The lowest BCUT2D eigenvalue weighted by atomic mass is 9.85. The number of rotatable bonds is 17. The van der Waals surface area contributed by atoms with Crippen LogP contribution in [-0.2, 0) is 35.5 Å². The second-order valence-corrected chi connectivity index (χ2v) is 13.6. The maximum atomic E-state index is 11.5. The molecule has 0 aliphatic heterocycles. The molecular weight excluding hydrogens is 594 g/mol. The third-order valence-corrected chi connectivity index (χ3v) is 8.99. The van der Waals surface area contributed by atoms with Crippen molar-refractivity contribution in [3.63, 3.8) is 0 Å². The third kappa shape index (κ3) is 10.9. The van der Waals surface area contributed by atoms with Crippen molar-refractivity contribution in [3.8, 4) is 0 Å². The van der Waals surface area contributed by atoms with Crippen molar-refractivity contribution in [2.75, 3.05) is 13.1 Å². The Morgan fingerprint density at radius 3 is 2.30 bits per heavy atom. The number of ether oxygens (including phenoxy) is 1. The number of carboxylic acids is 2. The highest BCUT2D eigenvalue weighted by atomic mass is 35.5. The van der Waals surface area contributed by atoms with E-state index in [1.54, 1.807) is 23.5 Å². The molecule has 0 amide bonds. The van der Waals surface area contributed by atoms with Crippen LogP contribution in [0.25, 0.3) is 0 Å². The average Bonchev–Trinajstić information content (AvgIpc) is 3.45. The lowest BCUT2D eigenvalue weighted by molar-refractivity contribution is -0.139. The molecule has 1 aromatic heterocycles. The van der Waals surface area contributed by atoms with Crippen molar-refractivity contribution in [1.82, 2.24) is 4.90 Å². The van der Waals surface area contributed by atoms with Gasteiger partial charge in [0.25, 0.3) is 0 Å². The Kier molecular flexibility index (Phi) is 12.1. The van der Waals surface area contributed by atoms with Crippen molar-refractivity contribution >= 4 is 34.9 Å². The Labute approximate surface area is 268 Å². The molecule has 0 bridgehead atoms. The van der Waals surface area contributed by atoms with Crippen LogP contribution in [0.2, 0.25) is 5.02 Å². The van der Waals surface area contributed by atoms with Gasteiger partial charge in [0.1, 0.15) is 0 Å². The second-order valence-electron chi connectivity index (χ2n) is 11.9. The maximum absolute atomic E-state index is 11.5. The standard InChI is InChI=1S/C36H40ClNO5S/c1-36(2,22-34(39)40)19-20-38(23-27-11-14-28(15-12-27)35(41)42)24-33(29-9-6-10-30(37)21-29)43-25-32-18-17-31(44-32)16-13-26-7-4-3-5-8-26/h3-12,14-15,17-18,21,33H,13,16,19-20,22-25H2,1-2H3,(H,39,40)(H,41,42). The number of nitrogens with zero attached hydrogens (tertiary/aromatic N) is 1. The second kappa shape index (κ2) is 16.0. The molecule has 6 nitrogen and oxygen atoms in total. The number of hydrogen-bond acceptors (Lipinski definition) is 5. The van der Waals surface area contributed by atoms with Gasteiger partial charge in [-0.2, -0.15) is 0 Å². The smallest absolute Gasteiger partial charge is 0.335 e. The Bertz CT molecular complexity index is 1500. The number of hydrogen-bond donors (Lipinski definition) is 2. The van der Waals surface area contributed by atoms with Crippen LogP contribution in [0.4, 0.5) is 0 Å². The molecule has 0 radical (unpaired) electrons. The minimum atomic E-state index is -0.963. The number of carbonyl (C=O) groups is 2. The summed E-state index contributed by atoms with van der Waals surface area (Å²) < 4.78 is 6.60. The van der Waals surface area contributed by atoms with Gasteiger partial charge in [-0.3, -0.25) is 9.69 Å². The van der Waals surface area contributed by atoms with Crippen molar-refractivity contribution in [3.05, 3.63) is 128 Å². The van der Waals surface area contributed by atoms with Crippen molar-refractivity contribution < 1.29 is 24.5 Å². The molecule has 1 atom stereocenters. The molecule has 2 N–H and O–H groups in total.